The Bertz CT molecular complexity index is 1040. The molecule has 0 aromatic heterocycles. The zero-order valence-electron chi connectivity index (χ0n) is 24.4. The molecule has 2 N–H and O–H groups in total. The van der Waals surface area contributed by atoms with Gasteiger partial charge in [0.05, 0.1) is 23.8 Å². The zero-order chi connectivity index (χ0) is 29.8. The molecule has 10 nitrogen and oxygen atoms in total. The predicted molar refractivity (Wildman–Crippen MR) is 145 cm³/mol. The number of imide groups is 1. The van der Waals surface area contributed by atoms with Crippen molar-refractivity contribution in [3.63, 3.8) is 0 Å². The summed E-state index contributed by atoms with van der Waals surface area (Å²) < 4.78 is 10.4. The molecule has 0 spiro atoms. The van der Waals surface area contributed by atoms with Crippen molar-refractivity contribution in [1.29, 1.82) is 0 Å². The second kappa shape index (κ2) is 12.5. The number of hydrogen-bond donors (Lipinski definition) is 2. The van der Waals surface area contributed by atoms with Gasteiger partial charge in [0.25, 0.3) is 5.91 Å². The van der Waals surface area contributed by atoms with E-state index in [9.17, 15) is 29.4 Å². The van der Waals surface area contributed by atoms with Crippen molar-refractivity contribution in [1.82, 2.24) is 9.80 Å². The summed E-state index contributed by atoms with van der Waals surface area (Å²) in [4.78, 5) is 53.0. The molecule has 2 atom stereocenters. The number of urea groups is 1. The van der Waals surface area contributed by atoms with Crippen molar-refractivity contribution in [3.05, 3.63) is 35.4 Å². The molecule has 0 bridgehead atoms. The summed E-state index contributed by atoms with van der Waals surface area (Å²) in [5.74, 6) is -1.70. The number of benzene rings is 1. The lowest BCUT2D eigenvalue weighted by molar-refractivity contribution is -0.135. The molecule has 39 heavy (non-hydrogen) atoms. The summed E-state index contributed by atoms with van der Waals surface area (Å²) in [7, 11) is 0. The van der Waals surface area contributed by atoms with Gasteiger partial charge in [-0.1, -0.05) is 33.6 Å². The first-order valence-corrected chi connectivity index (χ1v) is 13.4. The lowest BCUT2D eigenvalue weighted by Crippen LogP contribution is -2.48. The minimum atomic E-state index is -1.21. The highest BCUT2D eigenvalue weighted by Gasteiger charge is 2.54. The Morgan fingerprint density at radius 1 is 0.872 bits per heavy atom. The quantitative estimate of drug-likeness (QED) is 0.298. The number of aliphatic hydroxyl groups excluding tert-OH is 2. The fraction of sp³-hybridized carbons (Fsp3) is 0.655. The molecule has 2 rings (SSSR count). The normalized spacial score (nSPS) is 17.3. The van der Waals surface area contributed by atoms with Crippen molar-refractivity contribution < 1.29 is 38.9 Å². The maximum atomic E-state index is 12.9. The molecule has 1 aliphatic heterocycles. The molecule has 1 fully saturated rings. The van der Waals surface area contributed by atoms with Crippen molar-refractivity contribution in [2.45, 2.75) is 97.9 Å². The van der Waals surface area contributed by atoms with E-state index in [-0.39, 0.29) is 35.6 Å². The molecule has 3 amide bonds. The van der Waals surface area contributed by atoms with Gasteiger partial charge in [-0.25, -0.2) is 14.4 Å². The molecule has 1 aromatic carbocycles. The first-order chi connectivity index (χ1) is 18.0. The van der Waals surface area contributed by atoms with Crippen LogP contribution in [0.15, 0.2) is 24.3 Å². The van der Waals surface area contributed by atoms with Gasteiger partial charge in [0, 0.05) is 5.54 Å². The largest absolute Gasteiger partial charge is 0.459 e. The number of aliphatic hydroxyl groups is 2. The summed E-state index contributed by atoms with van der Waals surface area (Å²) in [5.41, 5.74) is -1.52. The van der Waals surface area contributed by atoms with Crippen molar-refractivity contribution in [3.8, 4) is 0 Å². The third-order valence-corrected chi connectivity index (χ3v) is 7.49. The number of β-amino-alcohol motifs (C(OH)–C–C–N with tert-alkyl or cyclic N) is 1. The molecule has 2 unspecified atom stereocenters. The fourth-order valence-corrected chi connectivity index (χ4v) is 4.42. The summed E-state index contributed by atoms with van der Waals surface area (Å²) in [6.07, 6.45) is 0.363. The van der Waals surface area contributed by atoms with Gasteiger partial charge in [-0.2, -0.15) is 0 Å². The molecule has 1 heterocycles. The predicted octanol–water partition coefficient (Wildman–Crippen LogP) is 3.78. The molecule has 1 aromatic rings. The van der Waals surface area contributed by atoms with Gasteiger partial charge < -0.3 is 24.6 Å². The highest BCUT2D eigenvalue weighted by molar-refractivity contribution is 6.07. The van der Waals surface area contributed by atoms with E-state index in [1.165, 1.54) is 34.1 Å². The highest BCUT2D eigenvalue weighted by Crippen LogP contribution is 2.33. The Kier molecular flexibility index (Phi) is 10.3. The van der Waals surface area contributed by atoms with E-state index in [1.54, 1.807) is 34.6 Å². The maximum Gasteiger partial charge on any atom is 0.338 e. The second-order valence-electron chi connectivity index (χ2n) is 12.1. The summed E-state index contributed by atoms with van der Waals surface area (Å²) in [6, 6.07) is 5.13. The molecule has 0 radical (unpaired) electrons. The second-order valence-corrected chi connectivity index (χ2v) is 12.1. The van der Waals surface area contributed by atoms with Crippen LogP contribution >= 0.6 is 0 Å². The number of esters is 2. The first-order valence-electron chi connectivity index (χ1n) is 13.4. The first kappa shape index (κ1) is 32.2. The number of carbonyl (C=O) groups excluding carboxylic acids is 4. The van der Waals surface area contributed by atoms with Gasteiger partial charge in [0.1, 0.15) is 24.9 Å². The Morgan fingerprint density at radius 2 is 1.31 bits per heavy atom. The van der Waals surface area contributed by atoms with Crippen LogP contribution in [0.2, 0.25) is 0 Å². The van der Waals surface area contributed by atoms with E-state index < -0.39 is 47.9 Å². The molecule has 218 valence electrons. The molecule has 1 saturated heterocycles. The topological polar surface area (TPSA) is 134 Å². The van der Waals surface area contributed by atoms with Gasteiger partial charge in [-0.3, -0.25) is 9.69 Å². The molecule has 10 heteroatoms. The van der Waals surface area contributed by atoms with E-state index >= 15 is 0 Å². The molecular formula is C29H44N2O8. The zero-order valence-corrected chi connectivity index (χ0v) is 24.4. The van der Waals surface area contributed by atoms with Crippen LogP contribution in [0, 0.1) is 5.41 Å². The number of nitrogens with zero attached hydrogens (tertiary/aromatic N) is 2. The number of rotatable bonds is 12. The van der Waals surface area contributed by atoms with Crippen LogP contribution in [0.3, 0.4) is 0 Å². The van der Waals surface area contributed by atoms with E-state index in [4.69, 9.17) is 9.47 Å². The van der Waals surface area contributed by atoms with Crippen LogP contribution in [-0.4, -0.2) is 86.9 Å². The summed E-state index contributed by atoms with van der Waals surface area (Å²) >= 11 is 0. The van der Waals surface area contributed by atoms with Crippen LogP contribution in [0.4, 0.5) is 4.79 Å². The summed E-state index contributed by atoms with van der Waals surface area (Å²) in [5, 5.41) is 20.7. The van der Waals surface area contributed by atoms with Crippen LogP contribution in [0.25, 0.3) is 0 Å². The SMILES string of the molecule is CCC(C)(CC)CC(O)COC(=O)c1ccc(C(=O)OCC(O)CN2C(=O)N(C(C)(C)C)C(=O)C2(C)C)cc1. The van der Waals surface area contributed by atoms with E-state index in [2.05, 4.69) is 20.8 Å². The fourth-order valence-electron chi connectivity index (χ4n) is 4.42. The lowest BCUT2D eigenvalue weighted by atomic mass is 9.80. The number of carbonyl (C=O) groups is 4. The Labute approximate surface area is 231 Å². The van der Waals surface area contributed by atoms with E-state index in [0.29, 0.717) is 6.42 Å². The van der Waals surface area contributed by atoms with Crippen LogP contribution in [-0.2, 0) is 14.3 Å². The van der Waals surface area contributed by atoms with Gasteiger partial charge in [0.2, 0.25) is 0 Å². The number of hydrogen-bond acceptors (Lipinski definition) is 8. The third-order valence-electron chi connectivity index (χ3n) is 7.49. The Hall–Kier alpha value is -2.98. The maximum absolute atomic E-state index is 12.9. The lowest BCUT2D eigenvalue weighted by Gasteiger charge is -2.30. The van der Waals surface area contributed by atoms with Crippen molar-refractivity contribution in [2.75, 3.05) is 19.8 Å². The monoisotopic (exact) mass is 548 g/mol. The van der Waals surface area contributed by atoms with Gasteiger partial charge in [-0.05, 0) is 70.7 Å². The van der Waals surface area contributed by atoms with E-state index in [1.807, 2.05) is 0 Å². The van der Waals surface area contributed by atoms with Crippen LogP contribution < -0.4 is 0 Å². The average molecular weight is 549 g/mol. The van der Waals surface area contributed by atoms with E-state index in [0.717, 1.165) is 12.8 Å². The third kappa shape index (κ3) is 7.79. The Balaban J connectivity index is 1.89. The molecule has 0 aliphatic carbocycles. The standard InChI is InChI=1S/C29H44N2O8/c1-9-29(8,10-2)15-21(32)17-38-23(34)19-11-13-20(14-12-19)24(35)39-18-22(33)16-30-26(37)31(27(3,4)5)25(36)28(30,6)7/h11-14,21-22,32-33H,9-10,15-18H2,1-8H3. The minimum Gasteiger partial charge on any atom is -0.459 e. The van der Waals surface area contributed by atoms with Gasteiger partial charge in [0.15, 0.2) is 0 Å². The van der Waals surface area contributed by atoms with Crippen molar-refractivity contribution in [2.24, 2.45) is 5.41 Å². The molecule has 1 aliphatic rings. The molecule has 0 saturated carbocycles. The number of amides is 3. The smallest absolute Gasteiger partial charge is 0.338 e. The van der Waals surface area contributed by atoms with Gasteiger partial charge in [-0.15, -0.1) is 0 Å². The highest BCUT2D eigenvalue weighted by atomic mass is 16.5. The molecular weight excluding hydrogens is 504 g/mol. The van der Waals surface area contributed by atoms with Crippen molar-refractivity contribution >= 4 is 23.9 Å². The van der Waals surface area contributed by atoms with Crippen LogP contribution in [0.1, 0.15) is 95.4 Å². The average Bonchev–Trinajstić information content (AvgIpc) is 3.04. The van der Waals surface area contributed by atoms with Gasteiger partial charge >= 0.3 is 18.0 Å². The summed E-state index contributed by atoms with van der Waals surface area (Å²) in [6.45, 7) is 14.0. The number of ether oxygens (including phenoxy) is 2. The minimum absolute atomic E-state index is 0.0220. The van der Waals surface area contributed by atoms with Crippen LogP contribution in [0.5, 0.6) is 0 Å². The Morgan fingerprint density at radius 3 is 1.69 bits per heavy atom.